The van der Waals surface area contributed by atoms with E-state index in [1.807, 2.05) is 34.7 Å². The highest BCUT2D eigenvalue weighted by molar-refractivity contribution is 9.09. The monoisotopic (exact) mass is 1990 g/mol. The molecule has 9 N–H and O–H groups in total. The van der Waals surface area contributed by atoms with E-state index in [1.165, 1.54) is 166 Å². The zero-order valence-electron chi connectivity index (χ0n) is 85.7. The number of rotatable bonds is 16. The van der Waals surface area contributed by atoms with E-state index in [-0.39, 0.29) is 88.9 Å². The number of likely N-dealkylation sites (N-methyl/N-ethyl adjacent to an activating group) is 1. The maximum atomic E-state index is 13.5. The second-order valence-corrected chi connectivity index (χ2v) is 50.1. The van der Waals surface area contributed by atoms with Crippen LogP contribution >= 0.6 is 15.9 Å². The molecule has 16 aliphatic rings. The Morgan fingerprint density at radius 2 is 0.783 bits per heavy atom. The molecule has 19 rings (SSSR count). The number of hydrogen-bond acceptors (Lipinski definition) is 23. The highest BCUT2D eigenvalue weighted by Crippen LogP contribution is 2.74. The van der Waals surface area contributed by atoms with Gasteiger partial charge in [0, 0.05) is 77.6 Å². The van der Waals surface area contributed by atoms with E-state index in [9.17, 15) is 74.2 Å². The predicted molar refractivity (Wildman–Crippen MR) is 535 cm³/mol. The third kappa shape index (κ3) is 22.4. The maximum Gasteiger partial charge on any atom is 0.310 e. The number of anilines is 1. The Hall–Kier alpha value is -6.57. The number of hydrogen-bond donors (Lipinski definition) is 8. The highest BCUT2D eigenvalue weighted by Gasteiger charge is 2.68. The van der Waals surface area contributed by atoms with Gasteiger partial charge in [0.15, 0.2) is 17.3 Å². The van der Waals surface area contributed by atoms with Crippen molar-refractivity contribution in [1.82, 2.24) is 34.8 Å². The number of aliphatic hydroxyl groups is 5. The summed E-state index contributed by atoms with van der Waals surface area (Å²) in [4.78, 5) is 103. The average Bonchev–Trinajstić information content (AvgIpc) is 1.46. The Morgan fingerprint density at radius 3 is 1.07 bits per heavy atom. The molecule has 0 radical (unpaired) electrons. The van der Waals surface area contributed by atoms with Crippen molar-refractivity contribution < 1.29 is 73.7 Å². The quantitative estimate of drug-likeness (QED) is 0.0165. The summed E-state index contributed by atoms with van der Waals surface area (Å²) in [5, 5.41) is 93.7. The minimum absolute atomic E-state index is 0. The van der Waals surface area contributed by atoms with Crippen LogP contribution in [0.1, 0.15) is 342 Å². The van der Waals surface area contributed by atoms with E-state index in [0.717, 1.165) is 164 Å². The molecule has 32 atom stereocenters. The number of alkyl halides is 1. The van der Waals surface area contributed by atoms with Crippen molar-refractivity contribution in [3.63, 3.8) is 0 Å². The molecule has 1 amide bonds. The molecule has 0 unspecified atom stereocenters. The first-order valence-corrected chi connectivity index (χ1v) is 53.7. The van der Waals surface area contributed by atoms with E-state index >= 15 is 0 Å². The van der Waals surface area contributed by atoms with Gasteiger partial charge in [-0.05, 0) is 397 Å². The topological polar surface area (TPSA) is 434 Å². The van der Waals surface area contributed by atoms with Gasteiger partial charge in [-0.2, -0.15) is 20.4 Å². The van der Waals surface area contributed by atoms with Gasteiger partial charge in [0.2, 0.25) is 5.91 Å². The number of Topliss-reactive ketones (excluding diaryl/α,β-unsaturated/α-hetero) is 4. The lowest BCUT2D eigenvalue weighted by Gasteiger charge is -2.61. The number of hydrazone groups is 1. The molecule has 138 heavy (non-hydrogen) atoms. The smallest absolute Gasteiger partial charge is 0.310 e. The number of nitrogens with zero attached hydrogens (tertiary/aromatic N) is 9. The number of amides is 1. The summed E-state index contributed by atoms with van der Waals surface area (Å²) in [6.45, 7) is 32.9. The van der Waals surface area contributed by atoms with Gasteiger partial charge in [-0.3, -0.25) is 73.3 Å². The van der Waals surface area contributed by atoms with Gasteiger partial charge in [-0.25, -0.2) is 0 Å². The third-order valence-electron chi connectivity index (χ3n) is 41.7. The number of ketones is 4. The Labute approximate surface area is 829 Å². The van der Waals surface area contributed by atoms with Crippen molar-refractivity contribution in [1.29, 1.82) is 0 Å². The summed E-state index contributed by atoms with van der Waals surface area (Å²) in [6, 6.07) is 0. The standard InChI is InChI=1S/C27H41N3O3.C25H37N3O4.C25H43N3O2.C22H35BrO2.C4H6O3.C3H3N3O2.CH4O.CH4/c1-17(31)29-19-14-28-30(15-19)16-24(32)23-8-7-21-20-6-5-18-13-25(2,33)11-12-26(18,3)22(20)9-10-27(21,23)4;1-23(30)10-11-24(2)16(12-23)4-5-18-19-6-7-21(25(19,3)9-8-20(18)24)22(29)15-27-14-17(13-26-27)28(31)32;1-23(30)11-12-24(2)17(15-23)5-6-18-19-7-8-21(25(19,3)10-9-20(18)24)22(29)16-28(4)27-14-13-26;1-20(25)10-11-21(2)14(12-20)4-5-15-16-6-7-18(19(24)13-23)22(16,3)9-8-17(15)21;1-3(5)7-4(2)6;7-6(8)3-1-4-5-2-3;1-2;/h14-15,18,20-23,33H,5-13,16H2,1-4H3,(H,29,31);13-14,16,18-21,30H,4-12,15H2,1-3H3;14,17-21,30H,5-13,15-16,26H2,1-4H3;14-18,25H,4-13H2,1-3H3;1-2H3;1-2H,(H,4,5);2H,1H3;1H4/b;;27-14-;;;;;/t18-,20-,21-,22-,23+,25+,26-,27-;16-,18-,19-,20-,21+,23+,24-,25-;17-,18-,19-,20-,21+,23+,24-,25-;14-,15-,16-,17-,18+,20+,21-,22-;;;;/m0000..../s1. The van der Waals surface area contributed by atoms with Gasteiger partial charge in [-0.15, -0.1) is 0 Å². The summed E-state index contributed by atoms with van der Waals surface area (Å²) in [5.74, 6) is 11.9. The third-order valence-corrected chi connectivity index (χ3v) is 42.2. The first kappa shape index (κ1) is 110. The van der Waals surface area contributed by atoms with E-state index in [2.05, 4.69) is 107 Å². The fourth-order valence-electron chi connectivity index (χ4n) is 34.8. The summed E-state index contributed by atoms with van der Waals surface area (Å²) < 4.78 is 7.08. The summed E-state index contributed by atoms with van der Waals surface area (Å²) in [5.41, 5.74) is 6.15. The lowest BCUT2D eigenvalue weighted by atomic mass is 9.44. The van der Waals surface area contributed by atoms with Gasteiger partial charge in [-0.1, -0.05) is 78.7 Å². The number of aromatic nitrogens is 6. The van der Waals surface area contributed by atoms with Gasteiger partial charge in [0.05, 0.1) is 68.8 Å². The molecule has 0 aliphatic heterocycles. The number of nitro groups is 2. The average molecular weight is 1990 g/mol. The number of fused-ring (bicyclic) bond motifs is 20. The number of carbonyl (C=O) groups is 7. The molecule has 3 heterocycles. The summed E-state index contributed by atoms with van der Waals surface area (Å²) >= 11 is 3.43. The van der Waals surface area contributed by atoms with Crippen LogP contribution in [0.15, 0.2) is 42.3 Å². The molecular weight excluding hydrogens is 1820 g/mol. The number of nitrogens with two attached hydrogens (primary N) is 1. The number of ether oxygens (including phenoxy) is 1. The first-order chi connectivity index (χ1) is 64.3. The van der Waals surface area contributed by atoms with Crippen LogP contribution in [-0.2, 0) is 51.4 Å². The molecule has 0 bridgehead atoms. The molecule has 0 saturated heterocycles. The second-order valence-electron chi connectivity index (χ2n) is 49.5. The molecule has 774 valence electrons. The van der Waals surface area contributed by atoms with E-state index in [1.54, 1.807) is 28.3 Å². The molecule has 30 heteroatoms. The highest BCUT2D eigenvalue weighted by atomic mass is 79.9. The Morgan fingerprint density at radius 1 is 0.464 bits per heavy atom. The number of carbonyl (C=O) groups excluding carboxylic acids is 7. The zero-order valence-corrected chi connectivity index (χ0v) is 87.3. The fraction of sp³-hybridized carbons (Fsp3) is 0.843. The van der Waals surface area contributed by atoms with Crippen LogP contribution in [-0.4, -0.2) is 172 Å². The number of esters is 2. The normalized spacial score (nSPS) is 42.6. The van der Waals surface area contributed by atoms with Gasteiger partial charge >= 0.3 is 23.3 Å². The molecule has 29 nitrogen and oxygen atoms in total. The Bertz CT molecular complexity index is 4790. The Balaban J connectivity index is 0.000000156. The summed E-state index contributed by atoms with van der Waals surface area (Å²) in [6.07, 6.45) is 50.8. The van der Waals surface area contributed by atoms with Crippen LogP contribution in [0.3, 0.4) is 0 Å². The molecule has 16 fully saturated rings. The van der Waals surface area contributed by atoms with Gasteiger partial charge < -0.3 is 41.3 Å². The number of H-pyrrole nitrogens is 1. The van der Waals surface area contributed by atoms with Crippen LogP contribution in [0.4, 0.5) is 17.1 Å². The van der Waals surface area contributed by atoms with E-state index in [0.29, 0.717) is 116 Å². The summed E-state index contributed by atoms with van der Waals surface area (Å²) in [7, 11) is 2.87. The molecule has 16 aliphatic carbocycles. The predicted octanol–water partition coefficient (Wildman–Crippen LogP) is 19.5. The lowest BCUT2D eigenvalue weighted by molar-refractivity contribution is -0.385. The molecule has 0 aromatic carbocycles. The van der Waals surface area contributed by atoms with Crippen molar-refractivity contribution in [3.8, 4) is 0 Å². The second kappa shape index (κ2) is 43.0. The number of aromatic amines is 1. The number of aliphatic hydroxyl groups excluding tert-OH is 1. The zero-order chi connectivity index (χ0) is 100. The van der Waals surface area contributed by atoms with Crippen molar-refractivity contribution in [2.75, 3.05) is 37.9 Å². The minimum Gasteiger partial charge on any atom is -0.400 e. The van der Waals surface area contributed by atoms with Crippen LogP contribution in [0, 0.1) is 182 Å². The first-order valence-electron chi connectivity index (χ1n) is 52.5. The van der Waals surface area contributed by atoms with Crippen LogP contribution in [0.25, 0.3) is 0 Å². The molecule has 3 aromatic heterocycles. The van der Waals surface area contributed by atoms with Crippen molar-refractivity contribution in [3.05, 3.63) is 57.4 Å². The number of halogens is 1. The van der Waals surface area contributed by atoms with Crippen LogP contribution < -0.4 is 11.1 Å². The molecular formula is C108H173BrN12O17. The van der Waals surface area contributed by atoms with Crippen molar-refractivity contribution >= 4 is 80.2 Å². The van der Waals surface area contributed by atoms with Crippen molar-refractivity contribution in [2.45, 2.75) is 378 Å². The molecule has 16 saturated carbocycles. The molecule has 0 spiro atoms. The minimum atomic E-state index is -0.562. The van der Waals surface area contributed by atoms with E-state index in [4.69, 9.17) is 10.8 Å². The fourth-order valence-corrected chi connectivity index (χ4v) is 35.2. The van der Waals surface area contributed by atoms with Crippen LogP contribution in [0.2, 0.25) is 0 Å². The SMILES string of the molecule is C.CC(=O)Nc1cnn(CC(=O)[C@H]2CC[C@H]3[C@@H]4CC[C@H]5C[C@](C)(O)CC[C@]5(C)[C@H]4CC[C@]23C)c1.CC(=O)OC(C)=O.CN(CC(=O)[C@H]1CC[C@H]2[C@@H]3CC[C@H]4C[C@](C)(O)CC[C@]4(C)[C@H]3CC[C@]12C)/N=C\CN.CO.C[C@@]1(O)CC[C@@]2(C)[C@@H](CC[C@@H]3[C@@H]2CC[C@]2(C)[C@@H](C(=O)CBr)CC[C@@H]32)C1.C[C@@]1(O)CC[C@@]2(C)[C@@H](CC[C@@H]3[C@@H]2CC[C@]2(C)[C@@H](C(=O)Cn4cc([N+](=O)[O-])cn4)CC[C@@H]32)C1.O=[N+]([O-])c1cn[nH]c1. The van der Waals surface area contributed by atoms with Crippen molar-refractivity contribution in [2.24, 2.45) is 173 Å². The van der Waals surface area contributed by atoms with Crippen LogP contribution in [0.5, 0.6) is 0 Å². The maximum absolute atomic E-state index is 13.5. The van der Waals surface area contributed by atoms with Gasteiger partial charge in [0.1, 0.15) is 30.9 Å². The lowest BCUT2D eigenvalue weighted by Crippen LogP contribution is -2.55. The molecule has 3 aromatic rings. The van der Waals surface area contributed by atoms with E-state index < -0.39 is 44.2 Å². The Kier molecular flexibility index (Phi) is 34.3. The number of nitrogens with one attached hydrogen (secondary N) is 2. The largest absolute Gasteiger partial charge is 0.400 e. The van der Waals surface area contributed by atoms with Gasteiger partial charge in [0.25, 0.3) is 0 Å².